The van der Waals surface area contributed by atoms with Crippen LogP contribution in [0, 0.1) is 5.92 Å². The van der Waals surface area contributed by atoms with Gasteiger partial charge in [0.05, 0.1) is 12.6 Å². The fraction of sp³-hybridized carbons (Fsp3) is 0.462. The van der Waals surface area contributed by atoms with E-state index in [1.54, 1.807) is 0 Å². The Labute approximate surface area is 107 Å². The molecule has 1 heterocycles. The third-order valence-corrected chi connectivity index (χ3v) is 3.68. The van der Waals surface area contributed by atoms with Crippen molar-refractivity contribution in [3.63, 3.8) is 0 Å². The Bertz CT molecular complexity index is 413. The molecule has 1 aromatic carbocycles. The molecule has 0 aromatic heterocycles. The fourth-order valence-electron chi connectivity index (χ4n) is 2.15. The van der Waals surface area contributed by atoms with Gasteiger partial charge in [0.25, 0.3) is 0 Å². The van der Waals surface area contributed by atoms with Gasteiger partial charge in [0.2, 0.25) is 0 Å². The lowest BCUT2D eigenvalue weighted by atomic mass is 9.98. The summed E-state index contributed by atoms with van der Waals surface area (Å²) >= 11 is 5.90. The first-order valence-electron chi connectivity index (χ1n) is 5.98. The molecule has 17 heavy (non-hydrogen) atoms. The molecule has 1 aromatic rings. The minimum Gasteiger partial charge on any atom is -0.370 e. The maximum absolute atomic E-state index is 5.97. The predicted molar refractivity (Wildman–Crippen MR) is 73.7 cm³/mol. The van der Waals surface area contributed by atoms with E-state index in [1.165, 1.54) is 0 Å². The molecule has 2 unspecified atom stereocenters. The van der Waals surface area contributed by atoms with Crippen LogP contribution in [0.2, 0.25) is 5.02 Å². The van der Waals surface area contributed by atoms with E-state index in [1.807, 2.05) is 24.3 Å². The molecule has 0 saturated carbocycles. The molecule has 0 radical (unpaired) electrons. The van der Waals surface area contributed by atoms with Crippen LogP contribution >= 0.6 is 11.6 Å². The van der Waals surface area contributed by atoms with E-state index >= 15 is 0 Å². The first-order chi connectivity index (χ1) is 8.13. The van der Waals surface area contributed by atoms with Gasteiger partial charge in [0.1, 0.15) is 0 Å². The van der Waals surface area contributed by atoms with Crippen LogP contribution in [0.15, 0.2) is 29.3 Å². The summed E-state index contributed by atoms with van der Waals surface area (Å²) in [7, 11) is 0. The highest BCUT2D eigenvalue weighted by Gasteiger charge is 2.30. The summed E-state index contributed by atoms with van der Waals surface area (Å²) in [5, 5.41) is 0.739. The van der Waals surface area contributed by atoms with Crippen molar-refractivity contribution in [2.75, 3.05) is 11.4 Å². The van der Waals surface area contributed by atoms with Crippen LogP contribution in [-0.4, -0.2) is 18.5 Å². The molecule has 1 aliphatic heterocycles. The van der Waals surface area contributed by atoms with Crippen LogP contribution in [-0.2, 0) is 0 Å². The summed E-state index contributed by atoms with van der Waals surface area (Å²) < 4.78 is 0. The Kier molecular flexibility index (Phi) is 3.57. The zero-order valence-corrected chi connectivity index (χ0v) is 11.0. The number of halogens is 1. The second-order valence-corrected chi connectivity index (χ2v) is 4.93. The number of guanidine groups is 1. The van der Waals surface area contributed by atoms with Gasteiger partial charge in [-0.05, 0) is 30.2 Å². The van der Waals surface area contributed by atoms with Gasteiger partial charge in [-0.2, -0.15) is 0 Å². The molecule has 92 valence electrons. The molecular weight excluding hydrogens is 234 g/mol. The smallest absolute Gasteiger partial charge is 0.196 e. The van der Waals surface area contributed by atoms with E-state index in [0.29, 0.717) is 17.9 Å². The predicted octanol–water partition coefficient (Wildman–Crippen LogP) is 2.89. The summed E-state index contributed by atoms with van der Waals surface area (Å²) in [5.41, 5.74) is 7.04. The standard InChI is InChI=1S/C13H18ClN3/c1-3-9(2)12-8-16-13(15)17(12)11-6-4-10(14)5-7-11/h4-7,9,12H,3,8H2,1-2H3,(H2,15,16). The lowest BCUT2D eigenvalue weighted by molar-refractivity contribution is 0.462. The second kappa shape index (κ2) is 4.96. The quantitative estimate of drug-likeness (QED) is 0.898. The average molecular weight is 252 g/mol. The number of nitrogens with two attached hydrogens (primary N) is 1. The van der Waals surface area contributed by atoms with Gasteiger partial charge in [0, 0.05) is 10.7 Å². The Morgan fingerprint density at radius 3 is 2.71 bits per heavy atom. The number of hydrogen-bond donors (Lipinski definition) is 1. The Morgan fingerprint density at radius 1 is 1.47 bits per heavy atom. The molecule has 0 spiro atoms. The molecule has 4 heteroatoms. The molecule has 2 atom stereocenters. The highest BCUT2D eigenvalue weighted by Crippen LogP contribution is 2.27. The molecule has 0 saturated heterocycles. The van der Waals surface area contributed by atoms with Gasteiger partial charge in [0.15, 0.2) is 5.96 Å². The van der Waals surface area contributed by atoms with Crippen molar-refractivity contribution in [1.29, 1.82) is 0 Å². The number of benzene rings is 1. The summed E-state index contributed by atoms with van der Waals surface area (Å²) in [6.07, 6.45) is 1.12. The van der Waals surface area contributed by atoms with E-state index in [2.05, 4.69) is 23.7 Å². The Hall–Kier alpha value is -1.22. The van der Waals surface area contributed by atoms with Crippen molar-refractivity contribution in [1.82, 2.24) is 0 Å². The minimum atomic E-state index is 0.362. The maximum atomic E-state index is 5.97. The Morgan fingerprint density at radius 2 is 2.12 bits per heavy atom. The third kappa shape index (κ3) is 2.39. The van der Waals surface area contributed by atoms with Crippen LogP contribution in [0.5, 0.6) is 0 Å². The van der Waals surface area contributed by atoms with Crippen LogP contribution in [0.4, 0.5) is 5.69 Å². The van der Waals surface area contributed by atoms with Gasteiger partial charge < -0.3 is 10.6 Å². The highest BCUT2D eigenvalue weighted by atomic mass is 35.5. The topological polar surface area (TPSA) is 41.6 Å². The molecular formula is C13H18ClN3. The second-order valence-electron chi connectivity index (χ2n) is 4.50. The van der Waals surface area contributed by atoms with Crippen LogP contribution in [0.3, 0.4) is 0 Å². The summed E-state index contributed by atoms with van der Waals surface area (Å²) in [6, 6.07) is 8.12. The number of anilines is 1. The summed E-state index contributed by atoms with van der Waals surface area (Å²) in [6.45, 7) is 5.21. The number of hydrogen-bond acceptors (Lipinski definition) is 3. The lowest BCUT2D eigenvalue weighted by Crippen LogP contribution is -2.44. The number of rotatable bonds is 3. The lowest BCUT2D eigenvalue weighted by Gasteiger charge is -2.30. The van der Waals surface area contributed by atoms with Crippen molar-refractivity contribution in [3.8, 4) is 0 Å². The maximum Gasteiger partial charge on any atom is 0.196 e. The zero-order valence-electron chi connectivity index (χ0n) is 10.2. The molecule has 0 bridgehead atoms. The number of aliphatic imine (C=N–C) groups is 1. The van der Waals surface area contributed by atoms with Gasteiger partial charge in [-0.25, -0.2) is 0 Å². The van der Waals surface area contributed by atoms with E-state index in [0.717, 1.165) is 23.7 Å². The molecule has 1 aliphatic rings. The first kappa shape index (κ1) is 12.2. The van der Waals surface area contributed by atoms with Gasteiger partial charge in [-0.3, -0.25) is 4.99 Å². The third-order valence-electron chi connectivity index (χ3n) is 3.42. The van der Waals surface area contributed by atoms with E-state index in [4.69, 9.17) is 17.3 Å². The van der Waals surface area contributed by atoms with Crippen molar-refractivity contribution >= 4 is 23.2 Å². The summed E-state index contributed by atoms with van der Waals surface area (Å²) in [4.78, 5) is 6.47. The fourth-order valence-corrected chi connectivity index (χ4v) is 2.27. The van der Waals surface area contributed by atoms with Crippen LogP contribution in [0.25, 0.3) is 0 Å². The van der Waals surface area contributed by atoms with Gasteiger partial charge in [-0.1, -0.05) is 31.9 Å². The minimum absolute atomic E-state index is 0.362. The molecule has 3 nitrogen and oxygen atoms in total. The largest absolute Gasteiger partial charge is 0.370 e. The average Bonchev–Trinajstić information content (AvgIpc) is 2.71. The van der Waals surface area contributed by atoms with Gasteiger partial charge >= 0.3 is 0 Å². The number of nitrogens with zero attached hydrogens (tertiary/aromatic N) is 2. The molecule has 0 aliphatic carbocycles. The van der Waals surface area contributed by atoms with Gasteiger partial charge in [-0.15, -0.1) is 0 Å². The molecule has 2 rings (SSSR count). The van der Waals surface area contributed by atoms with Crippen LogP contribution < -0.4 is 10.6 Å². The van der Waals surface area contributed by atoms with Crippen molar-refractivity contribution < 1.29 is 0 Å². The van der Waals surface area contributed by atoms with Crippen molar-refractivity contribution in [3.05, 3.63) is 29.3 Å². The summed E-state index contributed by atoms with van der Waals surface area (Å²) in [5.74, 6) is 1.17. The molecule has 0 fully saturated rings. The molecule has 0 amide bonds. The van der Waals surface area contributed by atoms with E-state index < -0.39 is 0 Å². The van der Waals surface area contributed by atoms with E-state index in [9.17, 15) is 0 Å². The molecule has 2 N–H and O–H groups in total. The zero-order chi connectivity index (χ0) is 12.4. The monoisotopic (exact) mass is 251 g/mol. The highest BCUT2D eigenvalue weighted by molar-refractivity contribution is 6.30. The van der Waals surface area contributed by atoms with Crippen LogP contribution in [0.1, 0.15) is 20.3 Å². The Balaban J connectivity index is 2.27. The van der Waals surface area contributed by atoms with Crippen molar-refractivity contribution in [2.45, 2.75) is 26.3 Å². The van der Waals surface area contributed by atoms with Crippen molar-refractivity contribution in [2.24, 2.45) is 16.6 Å². The van der Waals surface area contributed by atoms with E-state index in [-0.39, 0.29) is 0 Å². The normalized spacial score (nSPS) is 21.5. The SMILES string of the molecule is CCC(C)C1CN=C(N)N1c1ccc(Cl)cc1. The first-order valence-corrected chi connectivity index (χ1v) is 6.36.